The molecule has 1 unspecified atom stereocenters. The zero-order valence-corrected chi connectivity index (χ0v) is 13.5. The van der Waals surface area contributed by atoms with E-state index in [1.807, 2.05) is 0 Å². The molecule has 1 atom stereocenters. The molecule has 0 N–H and O–H groups in total. The van der Waals surface area contributed by atoms with E-state index in [1.54, 1.807) is 25.1 Å². The predicted molar refractivity (Wildman–Crippen MR) is 83.2 cm³/mol. The van der Waals surface area contributed by atoms with Crippen molar-refractivity contribution >= 4 is 11.8 Å². The molecule has 2 rings (SSSR count). The smallest absolute Gasteiger partial charge is 0.381 e. The van der Waals surface area contributed by atoms with Crippen molar-refractivity contribution in [3.63, 3.8) is 0 Å². The highest BCUT2D eigenvalue weighted by atomic mass is 16.6. The Morgan fingerprint density at radius 1 is 1.33 bits per heavy atom. The monoisotopic (exact) mass is 335 g/mol. The van der Waals surface area contributed by atoms with Crippen LogP contribution in [0.2, 0.25) is 0 Å². The van der Waals surface area contributed by atoms with Crippen molar-refractivity contribution in [2.24, 2.45) is 0 Å². The Kier molecular flexibility index (Phi) is 5.35. The van der Waals surface area contributed by atoms with Crippen LogP contribution in [0.4, 0.5) is 5.82 Å². The fraction of sp³-hybridized carbons (Fsp3) is 0.333. The maximum atomic E-state index is 12.4. The number of carbonyl (C=O) groups is 1. The van der Waals surface area contributed by atoms with Gasteiger partial charge in [-0.25, -0.2) is 4.79 Å². The minimum atomic E-state index is -0.925. The molecule has 0 aliphatic carbocycles. The Hall–Kier alpha value is -3.10. The van der Waals surface area contributed by atoms with Gasteiger partial charge in [-0.3, -0.25) is 4.57 Å². The summed E-state index contributed by atoms with van der Waals surface area (Å²) in [5.41, 5.74) is 0.526. The summed E-state index contributed by atoms with van der Waals surface area (Å²) >= 11 is 0. The van der Waals surface area contributed by atoms with E-state index in [2.05, 4.69) is 4.98 Å². The molecule has 2 aromatic rings. The second kappa shape index (κ2) is 7.44. The first-order chi connectivity index (χ1) is 11.5. The normalized spacial score (nSPS) is 11.6. The molecule has 9 heteroatoms. The molecule has 0 aliphatic heterocycles. The van der Waals surface area contributed by atoms with Gasteiger partial charge < -0.3 is 24.3 Å². The Morgan fingerprint density at radius 2 is 2.04 bits per heavy atom. The van der Waals surface area contributed by atoms with Crippen LogP contribution in [-0.2, 0) is 9.53 Å². The minimum absolute atomic E-state index is 0.180. The van der Waals surface area contributed by atoms with Crippen molar-refractivity contribution in [3.8, 4) is 11.5 Å². The number of methoxy groups -OCH3 is 2. The molecule has 128 valence electrons. The van der Waals surface area contributed by atoms with Gasteiger partial charge in [-0.05, 0) is 34.5 Å². The summed E-state index contributed by atoms with van der Waals surface area (Å²) in [5, 5.41) is 10.8. The minimum Gasteiger partial charge on any atom is -0.493 e. The first-order valence-electron chi connectivity index (χ1n) is 7.08. The van der Waals surface area contributed by atoms with Gasteiger partial charge in [0, 0.05) is 0 Å². The third kappa shape index (κ3) is 3.45. The molecule has 0 bridgehead atoms. The number of hydrogen-bond acceptors (Lipinski definition) is 7. The number of esters is 1. The molecule has 0 saturated heterocycles. The molecule has 0 fully saturated rings. The zero-order chi connectivity index (χ0) is 17.7. The number of imidazole rings is 1. The number of benzene rings is 1. The molecule has 0 aliphatic rings. The van der Waals surface area contributed by atoms with Crippen molar-refractivity contribution < 1.29 is 23.9 Å². The van der Waals surface area contributed by atoms with E-state index >= 15 is 0 Å². The fourth-order valence-corrected chi connectivity index (χ4v) is 2.24. The quantitative estimate of drug-likeness (QED) is 0.432. The highest BCUT2D eigenvalue weighted by Crippen LogP contribution is 2.32. The molecule has 0 saturated carbocycles. The molecule has 24 heavy (non-hydrogen) atoms. The second-order valence-corrected chi connectivity index (χ2v) is 4.71. The third-order valence-electron chi connectivity index (χ3n) is 3.31. The highest BCUT2D eigenvalue weighted by Gasteiger charge is 2.27. The van der Waals surface area contributed by atoms with Crippen LogP contribution in [-0.4, -0.2) is 41.3 Å². The van der Waals surface area contributed by atoms with Crippen LogP contribution in [0.5, 0.6) is 11.5 Å². The van der Waals surface area contributed by atoms with E-state index in [0.717, 1.165) is 0 Å². The van der Waals surface area contributed by atoms with Crippen molar-refractivity contribution in [3.05, 3.63) is 46.4 Å². The Morgan fingerprint density at radius 3 is 2.58 bits per heavy atom. The lowest BCUT2D eigenvalue weighted by atomic mass is 10.1. The lowest BCUT2D eigenvalue weighted by Gasteiger charge is -2.18. The standard InChI is InChI=1S/C15H17N3O6/c1-4-24-15(19)14(17-8-13(16-9-17)18(20)21)10-5-6-11(22-2)12(7-10)23-3/h5-9,14H,4H2,1-3H3. The van der Waals surface area contributed by atoms with Crippen LogP contribution in [0.3, 0.4) is 0 Å². The van der Waals surface area contributed by atoms with E-state index in [1.165, 1.54) is 31.3 Å². The molecule has 1 aromatic heterocycles. The van der Waals surface area contributed by atoms with Crippen molar-refractivity contribution in [2.75, 3.05) is 20.8 Å². The average Bonchev–Trinajstić information content (AvgIpc) is 3.05. The van der Waals surface area contributed by atoms with E-state index < -0.39 is 16.9 Å². The van der Waals surface area contributed by atoms with Gasteiger partial charge in [0.2, 0.25) is 6.33 Å². The van der Waals surface area contributed by atoms with Crippen LogP contribution in [0.25, 0.3) is 0 Å². The van der Waals surface area contributed by atoms with E-state index in [9.17, 15) is 14.9 Å². The summed E-state index contributed by atoms with van der Waals surface area (Å²) in [6.07, 6.45) is 2.40. The topological polar surface area (TPSA) is 106 Å². The average molecular weight is 335 g/mol. The summed E-state index contributed by atoms with van der Waals surface area (Å²) in [4.78, 5) is 26.2. The first kappa shape index (κ1) is 17.3. The Labute approximate surface area is 137 Å². The summed E-state index contributed by atoms with van der Waals surface area (Å²) in [7, 11) is 2.97. The van der Waals surface area contributed by atoms with E-state index in [4.69, 9.17) is 14.2 Å². The summed E-state index contributed by atoms with van der Waals surface area (Å²) in [5.74, 6) is 0.0150. The van der Waals surface area contributed by atoms with Gasteiger partial charge in [-0.15, -0.1) is 0 Å². The van der Waals surface area contributed by atoms with Crippen molar-refractivity contribution in [1.82, 2.24) is 9.55 Å². The van der Waals surface area contributed by atoms with Gasteiger partial charge in [-0.1, -0.05) is 6.07 Å². The maximum absolute atomic E-state index is 12.4. The number of rotatable bonds is 7. The van der Waals surface area contributed by atoms with Gasteiger partial charge in [0.05, 0.1) is 20.8 Å². The van der Waals surface area contributed by atoms with Crippen LogP contribution in [0, 0.1) is 10.1 Å². The first-order valence-corrected chi connectivity index (χ1v) is 7.08. The van der Waals surface area contributed by atoms with Gasteiger partial charge in [0.25, 0.3) is 0 Å². The zero-order valence-electron chi connectivity index (χ0n) is 13.5. The molecular formula is C15H17N3O6. The SMILES string of the molecule is CCOC(=O)C(c1ccc(OC)c(OC)c1)n1cnc([N+](=O)[O-])c1. The van der Waals surface area contributed by atoms with Crippen LogP contribution in [0.1, 0.15) is 18.5 Å². The van der Waals surface area contributed by atoms with Crippen LogP contribution in [0.15, 0.2) is 30.7 Å². The van der Waals surface area contributed by atoms with Crippen LogP contribution < -0.4 is 9.47 Å². The molecule has 1 aromatic carbocycles. The molecule has 0 radical (unpaired) electrons. The van der Waals surface area contributed by atoms with E-state index in [0.29, 0.717) is 17.1 Å². The molecular weight excluding hydrogens is 318 g/mol. The lowest BCUT2D eigenvalue weighted by molar-refractivity contribution is -0.389. The second-order valence-electron chi connectivity index (χ2n) is 4.71. The van der Waals surface area contributed by atoms with Crippen molar-refractivity contribution in [1.29, 1.82) is 0 Å². The summed E-state index contributed by atoms with van der Waals surface area (Å²) in [6, 6.07) is 4.00. The number of aromatic nitrogens is 2. The summed E-state index contributed by atoms with van der Waals surface area (Å²) in [6.45, 7) is 1.86. The Balaban J connectivity index is 2.49. The predicted octanol–water partition coefficient (Wildman–Crippen LogP) is 1.96. The largest absolute Gasteiger partial charge is 0.493 e. The number of carbonyl (C=O) groups excluding carboxylic acids is 1. The molecule has 9 nitrogen and oxygen atoms in total. The van der Waals surface area contributed by atoms with Gasteiger partial charge in [-0.2, -0.15) is 0 Å². The number of hydrogen-bond donors (Lipinski definition) is 0. The van der Waals surface area contributed by atoms with Gasteiger partial charge in [0.1, 0.15) is 6.20 Å². The highest BCUT2D eigenvalue weighted by molar-refractivity contribution is 5.78. The number of nitro groups is 1. The summed E-state index contributed by atoms with van der Waals surface area (Å²) < 4.78 is 16.8. The Bertz CT molecular complexity index is 743. The number of ether oxygens (including phenoxy) is 3. The van der Waals surface area contributed by atoms with E-state index in [-0.39, 0.29) is 12.4 Å². The molecule has 1 heterocycles. The molecule has 0 amide bonds. The molecule has 0 spiro atoms. The van der Waals surface area contributed by atoms with Crippen LogP contribution >= 0.6 is 0 Å². The lowest BCUT2D eigenvalue weighted by Crippen LogP contribution is -2.22. The van der Waals surface area contributed by atoms with Crippen molar-refractivity contribution in [2.45, 2.75) is 13.0 Å². The maximum Gasteiger partial charge on any atom is 0.381 e. The fourth-order valence-electron chi connectivity index (χ4n) is 2.24. The number of nitrogens with zero attached hydrogens (tertiary/aromatic N) is 3. The van der Waals surface area contributed by atoms with Gasteiger partial charge >= 0.3 is 11.8 Å². The van der Waals surface area contributed by atoms with Gasteiger partial charge in [0.15, 0.2) is 17.5 Å². The third-order valence-corrected chi connectivity index (χ3v) is 3.31.